The summed E-state index contributed by atoms with van der Waals surface area (Å²) in [5, 5.41) is 9.70. The molecular formula is C31H36F6N4O6S. The largest absolute Gasteiger partial charge is 0.490 e. The Morgan fingerprint density at radius 1 is 0.917 bits per heavy atom. The number of nitrogens with zero attached hydrogens (tertiary/aromatic N) is 2. The van der Waals surface area contributed by atoms with Crippen molar-refractivity contribution in [1.82, 2.24) is 15.1 Å². The minimum Gasteiger partial charge on any atom is -0.475 e. The molecule has 0 radical (unpaired) electrons. The molecule has 0 aliphatic carbocycles. The molecule has 3 amide bonds. The van der Waals surface area contributed by atoms with Gasteiger partial charge in [0.05, 0.1) is 18.3 Å². The van der Waals surface area contributed by atoms with Crippen LogP contribution in [0.5, 0.6) is 0 Å². The molecule has 3 rings (SSSR count). The summed E-state index contributed by atoms with van der Waals surface area (Å²) in [6.45, 7) is 1.68. The number of hydrogen-bond acceptors (Lipinski definition) is 8. The molecule has 2 aromatic carbocycles. The van der Waals surface area contributed by atoms with Crippen LogP contribution in [0.25, 0.3) is 0 Å². The van der Waals surface area contributed by atoms with Gasteiger partial charge in [0, 0.05) is 31.2 Å². The van der Waals surface area contributed by atoms with Gasteiger partial charge in [-0.05, 0) is 49.1 Å². The van der Waals surface area contributed by atoms with Crippen LogP contribution in [0, 0.1) is 0 Å². The van der Waals surface area contributed by atoms with Gasteiger partial charge in [0.1, 0.15) is 0 Å². The first kappa shape index (κ1) is 40.2. The summed E-state index contributed by atoms with van der Waals surface area (Å²) in [5.74, 6) is -6.65. The molecule has 17 heteroatoms. The van der Waals surface area contributed by atoms with Crippen molar-refractivity contribution in [2.75, 3.05) is 31.1 Å². The third-order valence-corrected chi connectivity index (χ3v) is 8.07. The molecule has 4 N–H and O–H groups in total. The average Bonchev–Trinajstić information content (AvgIpc) is 3.04. The number of aliphatic carboxylic acids is 1. The monoisotopic (exact) mass is 706 g/mol. The van der Waals surface area contributed by atoms with Crippen LogP contribution < -0.4 is 11.1 Å². The Morgan fingerprint density at radius 3 is 1.98 bits per heavy atom. The molecule has 264 valence electrons. The Kier molecular flexibility index (Phi) is 16.0. The number of nitrogens with two attached hydrogens (primary N) is 1. The second-order valence-corrected chi connectivity index (χ2v) is 11.8. The highest BCUT2D eigenvalue weighted by atomic mass is 32.2. The van der Waals surface area contributed by atoms with Gasteiger partial charge in [-0.15, -0.1) is 0 Å². The minimum absolute atomic E-state index is 0.138. The number of hydrogen-bond donors (Lipinski definition) is 3. The number of benzene rings is 2. The van der Waals surface area contributed by atoms with Crippen molar-refractivity contribution in [3.63, 3.8) is 0 Å². The molecule has 0 spiro atoms. The molecule has 1 saturated heterocycles. The lowest BCUT2D eigenvalue weighted by molar-refractivity contribution is -0.192. The first-order valence-corrected chi connectivity index (χ1v) is 15.8. The maximum Gasteiger partial charge on any atom is 0.490 e. The number of likely N-dealkylation sites (tertiary alicyclic amines) is 1. The molecule has 1 aliphatic heterocycles. The number of alkyl halides is 6. The average molecular weight is 707 g/mol. The Labute approximate surface area is 277 Å². The van der Waals surface area contributed by atoms with Gasteiger partial charge in [0.25, 0.3) is 5.91 Å². The summed E-state index contributed by atoms with van der Waals surface area (Å²) in [5.41, 5.74) is 7.70. The van der Waals surface area contributed by atoms with Gasteiger partial charge in [0.2, 0.25) is 17.6 Å². The molecule has 10 nitrogen and oxygen atoms in total. The highest BCUT2D eigenvalue weighted by Crippen LogP contribution is 2.22. The van der Waals surface area contributed by atoms with Crippen LogP contribution in [-0.4, -0.2) is 100.0 Å². The van der Waals surface area contributed by atoms with E-state index in [9.17, 15) is 45.5 Å². The zero-order valence-electron chi connectivity index (χ0n) is 25.6. The molecule has 0 aromatic heterocycles. The lowest BCUT2D eigenvalue weighted by Gasteiger charge is -2.38. The van der Waals surface area contributed by atoms with Gasteiger partial charge in [-0.1, -0.05) is 48.5 Å². The van der Waals surface area contributed by atoms with Gasteiger partial charge in [-0.2, -0.15) is 38.1 Å². The Morgan fingerprint density at radius 2 is 1.46 bits per heavy atom. The molecule has 48 heavy (non-hydrogen) atoms. The zero-order valence-corrected chi connectivity index (χ0v) is 26.5. The van der Waals surface area contributed by atoms with E-state index in [0.29, 0.717) is 37.9 Å². The molecular weight excluding hydrogens is 670 g/mol. The van der Waals surface area contributed by atoms with E-state index in [1.165, 1.54) is 0 Å². The van der Waals surface area contributed by atoms with E-state index in [-0.39, 0.29) is 18.7 Å². The van der Waals surface area contributed by atoms with Crippen LogP contribution in [0.15, 0.2) is 60.7 Å². The van der Waals surface area contributed by atoms with Crippen LogP contribution in [0.1, 0.15) is 41.6 Å². The minimum atomic E-state index is -5.08. The van der Waals surface area contributed by atoms with Crippen molar-refractivity contribution in [1.29, 1.82) is 0 Å². The van der Waals surface area contributed by atoms with Crippen molar-refractivity contribution in [2.45, 2.75) is 56.7 Å². The molecule has 1 fully saturated rings. The topological polar surface area (TPSA) is 150 Å². The highest BCUT2D eigenvalue weighted by molar-refractivity contribution is 7.99. The summed E-state index contributed by atoms with van der Waals surface area (Å²) >= 11 is 0.825. The van der Waals surface area contributed by atoms with Crippen molar-refractivity contribution < 1.29 is 55.4 Å². The SMILES string of the molecule is N[C@@H](CCCSCC(=O)C(F)(F)F)C(=O)N(C(=O)CNC(=O)c1ccccc1)C1CCN(Cc2ccccc2)CC1.O=C(O)C(F)(F)F. The number of rotatable bonds is 13. The lowest BCUT2D eigenvalue weighted by atomic mass is 10.0. The number of carbonyl (C=O) groups is 5. The molecule has 1 aliphatic rings. The summed E-state index contributed by atoms with van der Waals surface area (Å²) in [6, 6.07) is 16.9. The van der Waals surface area contributed by atoms with Gasteiger partial charge in [-0.25, -0.2) is 4.79 Å². The number of carbonyl (C=O) groups excluding carboxylic acids is 4. The van der Waals surface area contributed by atoms with Crippen LogP contribution in [0.3, 0.4) is 0 Å². The number of piperidine rings is 1. The number of carboxylic acids is 1. The predicted octanol–water partition coefficient (Wildman–Crippen LogP) is 4.04. The van der Waals surface area contributed by atoms with Crippen LogP contribution in [-0.2, 0) is 25.7 Å². The number of nitrogens with one attached hydrogen (secondary N) is 1. The predicted molar refractivity (Wildman–Crippen MR) is 165 cm³/mol. The van der Waals surface area contributed by atoms with E-state index in [0.717, 1.165) is 28.8 Å². The molecule has 0 unspecified atom stereocenters. The number of imide groups is 1. The number of halogens is 6. The lowest BCUT2D eigenvalue weighted by Crippen LogP contribution is -2.56. The van der Waals surface area contributed by atoms with Crippen LogP contribution in [0.4, 0.5) is 26.3 Å². The number of carboxylic acid groups (broad SMARTS) is 1. The van der Waals surface area contributed by atoms with Gasteiger partial charge in [0.15, 0.2) is 0 Å². The van der Waals surface area contributed by atoms with Crippen molar-refractivity contribution in [3.8, 4) is 0 Å². The standard InChI is InChI=1S/C29H35F3N4O4S.C2HF3O2/c30-29(31,32)25(37)20-41-17-7-12-24(33)28(40)36(26(38)18-34-27(39)22-10-5-2-6-11-22)23-13-15-35(16-14-23)19-21-8-3-1-4-9-21;3-2(4,5)1(6)7/h1-6,8-11,23-24H,7,12-20,33H2,(H,34,39);(H,6,7)/t24-;/m0./s1. The number of thioether (sulfide) groups is 1. The number of ketones is 1. The van der Waals surface area contributed by atoms with Gasteiger partial charge in [-0.3, -0.25) is 29.0 Å². The van der Waals surface area contributed by atoms with Crippen molar-refractivity contribution >= 4 is 41.2 Å². The molecule has 1 heterocycles. The number of amides is 3. The molecule has 0 bridgehead atoms. The van der Waals surface area contributed by atoms with Crippen molar-refractivity contribution in [2.24, 2.45) is 5.73 Å². The Bertz CT molecular complexity index is 1360. The summed E-state index contributed by atoms with van der Waals surface area (Å²) in [7, 11) is 0. The summed E-state index contributed by atoms with van der Waals surface area (Å²) in [4.78, 5) is 62.6. The van der Waals surface area contributed by atoms with E-state index in [1.54, 1.807) is 30.3 Å². The fourth-order valence-corrected chi connectivity index (χ4v) is 5.43. The molecule has 1 atom stereocenters. The first-order chi connectivity index (χ1) is 22.5. The third kappa shape index (κ3) is 14.0. The molecule has 2 aromatic rings. The van der Waals surface area contributed by atoms with E-state index in [1.807, 2.05) is 30.3 Å². The van der Waals surface area contributed by atoms with Gasteiger partial charge < -0.3 is 16.2 Å². The second-order valence-electron chi connectivity index (χ2n) is 10.7. The number of Topliss-reactive ketones (excluding diaryl/α,β-unsaturated/α-hetero) is 1. The summed E-state index contributed by atoms with van der Waals surface area (Å²) < 4.78 is 68.9. The highest BCUT2D eigenvalue weighted by Gasteiger charge is 2.39. The van der Waals surface area contributed by atoms with Crippen molar-refractivity contribution in [3.05, 3.63) is 71.8 Å². The Hall–Kier alpha value is -3.96. The smallest absolute Gasteiger partial charge is 0.475 e. The second kappa shape index (κ2) is 19.1. The molecule has 0 saturated carbocycles. The fourth-order valence-electron chi connectivity index (χ4n) is 4.57. The quantitative estimate of drug-likeness (QED) is 0.207. The van der Waals surface area contributed by atoms with Gasteiger partial charge >= 0.3 is 18.3 Å². The van der Waals surface area contributed by atoms with E-state index in [4.69, 9.17) is 15.6 Å². The normalized spacial score (nSPS) is 14.6. The third-order valence-electron chi connectivity index (χ3n) is 7.03. The maximum absolute atomic E-state index is 13.4. The zero-order chi connectivity index (χ0) is 35.9. The van der Waals surface area contributed by atoms with Crippen LogP contribution in [0.2, 0.25) is 0 Å². The first-order valence-electron chi connectivity index (χ1n) is 14.7. The van der Waals surface area contributed by atoms with E-state index >= 15 is 0 Å². The van der Waals surface area contributed by atoms with Crippen LogP contribution >= 0.6 is 11.8 Å². The summed E-state index contributed by atoms with van der Waals surface area (Å²) in [6.07, 6.45) is -8.44. The Balaban J connectivity index is 0.00000103. The van der Waals surface area contributed by atoms with E-state index in [2.05, 4.69) is 10.2 Å². The maximum atomic E-state index is 13.4. The fraction of sp³-hybridized carbons (Fsp3) is 0.452. The van der Waals surface area contributed by atoms with E-state index < -0.39 is 59.7 Å².